The van der Waals surface area contributed by atoms with Crippen molar-refractivity contribution in [3.63, 3.8) is 0 Å². The van der Waals surface area contributed by atoms with Gasteiger partial charge in [-0.05, 0) is 36.3 Å². The third-order valence-corrected chi connectivity index (χ3v) is 4.33. The van der Waals surface area contributed by atoms with Gasteiger partial charge < -0.3 is 14.6 Å². The van der Waals surface area contributed by atoms with E-state index < -0.39 is 0 Å². The summed E-state index contributed by atoms with van der Waals surface area (Å²) in [4.78, 5) is 17.0. The van der Waals surface area contributed by atoms with Crippen molar-refractivity contribution >= 4 is 12.0 Å². The molecule has 0 radical (unpaired) electrons. The number of rotatable bonds is 6. The molecule has 0 saturated heterocycles. The number of carbonyl (C=O) groups excluding carboxylic acids is 1. The van der Waals surface area contributed by atoms with Crippen molar-refractivity contribution in [2.45, 2.75) is 13.0 Å². The molecule has 2 aromatic carbocycles. The van der Waals surface area contributed by atoms with Crippen LogP contribution in [0.25, 0.3) is 6.08 Å². The summed E-state index contributed by atoms with van der Waals surface area (Å²) in [6.45, 7) is 2.03. The number of aromatic nitrogens is 2. The fourth-order valence-electron chi connectivity index (χ4n) is 2.81. The molecule has 5 nitrogen and oxygen atoms in total. The molecule has 1 atom stereocenters. The van der Waals surface area contributed by atoms with Gasteiger partial charge in [0.1, 0.15) is 17.6 Å². The molecule has 5 heteroatoms. The minimum Gasteiger partial charge on any atom is -0.497 e. The van der Waals surface area contributed by atoms with Crippen LogP contribution in [0.15, 0.2) is 67.0 Å². The van der Waals surface area contributed by atoms with Crippen molar-refractivity contribution in [3.8, 4) is 5.75 Å². The van der Waals surface area contributed by atoms with Crippen molar-refractivity contribution < 1.29 is 9.53 Å². The van der Waals surface area contributed by atoms with Gasteiger partial charge in [0.15, 0.2) is 0 Å². The van der Waals surface area contributed by atoms with Crippen molar-refractivity contribution in [2.24, 2.45) is 7.05 Å². The van der Waals surface area contributed by atoms with Gasteiger partial charge in [0.05, 0.1) is 7.11 Å². The standard InChI is InChI=1S/C22H23N3O2/c1-16-7-9-17(10-8-16)11-12-20(26)24-21(22-23-13-14-25(22)2)18-5-4-6-19(15-18)27-3/h4-15,21H,1-3H3,(H,24,26)/b12-11+. The Kier molecular flexibility index (Phi) is 5.71. The quantitative estimate of drug-likeness (QED) is 0.682. The average Bonchev–Trinajstić information content (AvgIpc) is 3.11. The molecule has 0 bridgehead atoms. The molecule has 0 aliphatic carbocycles. The van der Waals surface area contributed by atoms with Gasteiger partial charge in [0, 0.05) is 25.5 Å². The first-order chi connectivity index (χ1) is 13.1. The molecule has 0 aliphatic heterocycles. The highest BCUT2D eigenvalue weighted by Gasteiger charge is 2.20. The van der Waals surface area contributed by atoms with Gasteiger partial charge in [-0.3, -0.25) is 4.79 Å². The highest BCUT2D eigenvalue weighted by atomic mass is 16.5. The number of imidazole rings is 1. The molecule has 1 N–H and O–H groups in total. The van der Waals surface area contributed by atoms with Crippen LogP contribution in [0.1, 0.15) is 28.6 Å². The maximum absolute atomic E-state index is 12.6. The number of aryl methyl sites for hydroxylation is 2. The van der Waals surface area contributed by atoms with Crippen molar-refractivity contribution in [3.05, 3.63) is 89.5 Å². The van der Waals surface area contributed by atoms with Crippen LogP contribution in [0.3, 0.4) is 0 Å². The second-order valence-electron chi connectivity index (χ2n) is 6.36. The molecule has 1 aromatic heterocycles. The zero-order valence-electron chi connectivity index (χ0n) is 15.7. The lowest BCUT2D eigenvalue weighted by atomic mass is 10.1. The van der Waals surface area contributed by atoms with Crippen LogP contribution in [-0.4, -0.2) is 22.6 Å². The van der Waals surface area contributed by atoms with Crippen LogP contribution in [0.2, 0.25) is 0 Å². The van der Waals surface area contributed by atoms with E-state index in [1.165, 1.54) is 5.56 Å². The molecule has 1 amide bonds. The summed E-state index contributed by atoms with van der Waals surface area (Å²) < 4.78 is 7.22. The number of methoxy groups -OCH3 is 1. The number of amides is 1. The van der Waals surface area contributed by atoms with Crippen LogP contribution in [0.4, 0.5) is 0 Å². The molecule has 27 heavy (non-hydrogen) atoms. The highest BCUT2D eigenvalue weighted by molar-refractivity contribution is 5.92. The maximum Gasteiger partial charge on any atom is 0.244 e. The third-order valence-electron chi connectivity index (χ3n) is 4.33. The topological polar surface area (TPSA) is 56.1 Å². The van der Waals surface area contributed by atoms with Crippen molar-refractivity contribution in [1.82, 2.24) is 14.9 Å². The Morgan fingerprint density at radius 2 is 2.00 bits per heavy atom. The number of nitrogens with one attached hydrogen (secondary N) is 1. The second-order valence-corrected chi connectivity index (χ2v) is 6.36. The predicted octanol–water partition coefficient (Wildman–Crippen LogP) is 3.66. The van der Waals surface area contributed by atoms with E-state index in [9.17, 15) is 4.79 Å². The second kappa shape index (κ2) is 8.36. The molecule has 3 rings (SSSR count). The number of nitrogens with zero attached hydrogens (tertiary/aromatic N) is 2. The lowest BCUT2D eigenvalue weighted by Crippen LogP contribution is -2.29. The number of hydrogen-bond donors (Lipinski definition) is 1. The molecule has 1 unspecified atom stereocenters. The Morgan fingerprint density at radius 3 is 2.67 bits per heavy atom. The number of ether oxygens (including phenoxy) is 1. The zero-order chi connectivity index (χ0) is 19.2. The molecule has 3 aromatic rings. The van der Waals surface area contributed by atoms with Crippen molar-refractivity contribution in [2.75, 3.05) is 7.11 Å². The zero-order valence-corrected chi connectivity index (χ0v) is 15.7. The molecule has 1 heterocycles. The van der Waals surface area contributed by atoms with E-state index in [1.807, 2.05) is 73.3 Å². The van der Waals surface area contributed by atoms with Crippen LogP contribution in [-0.2, 0) is 11.8 Å². The summed E-state index contributed by atoms with van der Waals surface area (Å²) in [6.07, 6.45) is 6.92. The third kappa shape index (κ3) is 4.64. The molecule has 0 aliphatic rings. The lowest BCUT2D eigenvalue weighted by molar-refractivity contribution is -0.117. The van der Waals surface area contributed by atoms with E-state index in [0.717, 1.165) is 22.7 Å². The lowest BCUT2D eigenvalue weighted by Gasteiger charge is -2.19. The van der Waals surface area contributed by atoms with E-state index in [2.05, 4.69) is 10.3 Å². The molecule has 0 spiro atoms. The van der Waals surface area contributed by atoms with Gasteiger partial charge in [-0.2, -0.15) is 0 Å². The number of hydrogen-bond acceptors (Lipinski definition) is 3. The fraction of sp³-hybridized carbons (Fsp3) is 0.182. The minimum atomic E-state index is -0.379. The van der Waals surface area contributed by atoms with E-state index >= 15 is 0 Å². The van der Waals surface area contributed by atoms with Gasteiger partial charge in [-0.1, -0.05) is 42.0 Å². The smallest absolute Gasteiger partial charge is 0.244 e. The Morgan fingerprint density at radius 1 is 1.22 bits per heavy atom. The van der Waals surface area contributed by atoms with Gasteiger partial charge in [-0.15, -0.1) is 0 Å². The number of benzene rings is 2. The first kappa shape index (κ1) is 18.5. The molecular weight excluding hydrogens is 338 g/mol. The van der Waals surface area contributed by atoms with Crippen LogP contribution in [0.5, 0.6) is 5.75 Å². The van der Waals surface area contributed by atoms with E-state index in [0.29, 0.717) is 0 Å². The predicted molar refractivity (Wildman–Crippen MR) is 106 cm³/mol. The first-order valence-electron chi connectivity index (χ1n) is 8.73. The van der Waals surface area contributed by atoms with Crippen LogP contribution in [0, 0.1) is 6.92 Å². The summed E-state index contributed by atoms with van der Waals surface area (Å²) in [5.74, 6) is 1.29. The minimum absolute atomic E-state index is 0.189. The largest absolute Gasteiger partial charge is 0.497 e. The number of carbonyl (C=O) groups is 1. The maximum atomic E-state index is 12.6. The first-order valence-corrected chi connectivity index (χ1v) is 8.73. The Labute approximate surface area is 159 Å². The SMILES string of the molecule is COc1cccc(C(NC(=O)/C=C/c2ccc(C)cc2)c2nccn2C)c1. The van der Waals surface area contributed by atoms with E-state index in [1.54, 1.807) is 25.5 Å². The molecular formula is C22H23N3O2. The van der Waals surface area contributed by atoms with E-state index in [-0.39, 0.29) is 11.9 Å². The van der Waals surface area contributed by atoms with Crippen LogP contribution >= 0.6 is 0 Å². The van der Waals surface area contributed by atoms with Crippen molar-refractivity contribution in [1.29, 1.82) is 0 Å². The Balaban J connectivity index is 1.84. The molecule has 138 valence electrons. The Bertz CT molecular complexity index is 942. The van der Waals surface area contributed by atoms with Gasteiger partial charge in [0.25, 0.3) is 0 Å². The van der Waals surface area contributed by atoms with Gasteiger partial charge >= 0.3 is 0 Å². The summed E-state index contributed by atoms with van der Waals surface area (Å²) in [5, 5.41) is 3.04. The molecule has 0 saturated carbocycles. The summed E-state index contributed by atoms with van der Waals surface area (Å²) in [5.41, 5.74) is 3.07. The highest BCUT2D eigenvalue weighted by Crippen LogP contribution is 2.24. The van der Waals surface area contributed by atoms with Gasteiger partial charge in [0.2, 0.25) is 5.91 Å². The fourth-order valence-corrected chi connectivity index (χ4v) is 2.81. The molecule has 0 fully saturated rings. The summed E-state index contributed by atoms with van der Waals surface area (Å²) in [7, 11) is 3.53. The normalized spacial score (nSPS) is 12.1. The monoisotopic (exact) mass is 361 g/mol. The van der Waals surface area contributed by atoms with Crippen LogP contribution < -0.4 is 10.1 Å². The Hall–Kier alpha value is -3.34. The summed E-state index contributed by atoms with van der Waals surface area (Å²) in [6, 6.07) is 15.3. The summed E-state index contributed by atoms with van der Waals surface area (Å²) >= 11 is 0. The van der Waals surface area contributed by atoms with Gasteiger partial charge in [-0.25, -0.2) is 4.98 Å². The van der Waals surface area contributed by atoms with E-state index in [4.69, 9.17) is 4.74 Å². The average molecular weight is 361 g/mol.